The van der Waals surface area contributed by atoms with Crippen molar-refractivity contribution in [2.75, 3.05) is 13.7 Å². The van der Waals surface area contributed by atoms with E-state index < -0.39 is 5.97 Å². The van der Waals surface area contributed by atoms with E-state index >= 15 is 0 Å². The minimum Gasteiger partial charge on any atom is -0.507 e. The molecule has 1 saturated heterocycles. The number of ether oxygens (including phenoxy) is 3. The van der Waals surface area contributed by atoms with Gasteiger partial charge in [-0.05, 0) is 25.0 Å². The lowest BCUT2D eigenvalue weighted by atomic mass is 10.2. The average molecular weight is 252 g/mol. The largest absolute Gasteiger partial charge is 0.507 e. The second-order valence-corrected chi connectivity index (χ2v) is 4.08. The Bertz CT molecular complexity index is 423. The van der Waals surface area contributed by atoms with Crippen LogP contribution in [0.15, 0.2) is 18.2 Å². The molecule has 1 fully saturated rings. The predicted octanol–water partition coefficient (Wildman–Crippen LogP) is 2.08. The highest BCUT2D eigenvalue weighted by atomic mass is 16.7. The van der Waals surface area contributed by atoms with Gasteiger partial charge in [0.2, 0.25) is 0 Å². The predicted molar refractivity (Wildman–Crippen MR) is 63.7 cm³/mol. The molecule has 1 aliphatic heterocycles. The number of aromatic hydroxyl groups is 1. The lowest BCUT2D eigenvalue weighted by Crippen LogP contribution is -2.24. The Morgan fingerprint density at radius 3 is 2.89 bits per heavy atom. The molecule has 1 atom stereocenters. The molecule has 1 aliphatic rings. The lowest BCUT2D eigenvalue weighted by Gasteiger charge is -2.23. The number of esters is 1. The Kier molecular flexibility index (Phi) is 4.04. The van der Waals surface area contributed by atoms with Gasteiger partial charge in [-0.2, -0.15) is 0 Å². The molecule has 98 valence electrons. The molecule has 1 unspecified atom stereocenters. The lowest BCUT2D eigenvalue weighted by molar-refractivity contribution is -0.105. The Morgan fingerprint density at radius 2 is 2.28 bits per heavy atom. The highest BCUT2D eigenvalue weighted by Gasteiger charge is 2.17. The number of rotatable bonds is 3. The first-order chi connectivity index (χ1) is 8.70. The topological polar surface area (TPSA) is 65.0 Å². The van der Waals surface area contributed by atoms with Crippen LogP contribution in [0.25, 0.3) is 0 Å². The highest BCUT2D eigenvalue weighted by molar-refractivity contribution is 5.92. The van der Waals surface area contributed by atoms with Crippen molar-refractivity contribution >= 4 is 5.97 Å². The zero-order valence-electron chi connectivity index (χ0n) is 10.2. The number of methoxy groups -OCH3 is 1. The molecule has 0 amide bonds. The first-order valence-corrected chi connectivity index (χ1v) is 5.90. The minimum absolute atomic E-state index is 0.120. The molecule has 1 aromatic rings. The van der Waals surface area contributed by atoms with Crippen LogP contribution in [0.4, 0.5) is 0 Å². The molecule has 0 spiro atoms. The van der Waals surface area contributed by atoms with Crippen LogP contribution in [0.5, 0.6) is 11.5 Å². The van der Waals surface area contributed by atoms with Crippen LogP contribution in [0.1, 0.15) is 29.6 Å². The van der Waals surface area contributed by atoms with E-state index in [0.717, 1.165) is 19.3 Å². The molecular weight excluding hydrogens is 236 g/mol. The summed E-state index contributed by atoms with van der Waals surface area (Å²) < 4.78 is 15.5. The third kappa shape index (κ3) is 2.92. The van der Waals surface area contributed by atoms with E-state index in [0.29, 0.717) is 12.4 Å². The van der Waals surface area contributed by atoms with Crippen LogP contribution in [0, 0.1) is 0 Å². The number of carbonyl (C=O) groups excluding carboxylic acids is 1. The molecule has 0 aliphatic carbocycles. The van der Waals surface area contributed by atoms with Gasteiger partial charge in [-0.25, -0.2) is 4.79 Å². The molecule has 1 N–H and O–H groups in total. The fourth-order valence-corrected chi connectivity index (χ4v) is 1.82. The first-order valence-electron chi connectivity index (χ1n) is 5.90. The maximum Gasteiger partial charge on any atom is 0.341 e. The van der Waals surface area contributed by atoms with E-state index in [2.05, 4.69) is 4.74 Å². The number of carbonyl (C=O) groups is 1. The third-order valence-corrected chi connectivity index (χ3v) is 2.78. The average Bonchev–Trinajstić information content (AvgIpc) is 2.39. The first kappa shape index (κ1) is 12.7. The standard InChI is InChI=1S/C13H16O5/c1-16-13(15)10-6-5-9(8-11(10)14)18-12-4-2-3-7-17-12/h5-6,8,12,14H,2-4,7H2,1H3. The van der Waals surface area contributed by atoms with Gasteiger partial charge >= 0.3 is 5.97 Å². The van der Waals surface area contributed by atoms with Crippen molar-refractivity contribution in [3.63, 3.8) is 0 Å². The molecule has 1 aromatic carbocycles. The van der Waals surface area contributed by atoms with Gasteiger partial charge in [-0.1, -0.05) is 0 Å². The minimum atomic E-state index is -0.576. The van der Waals surface area contributed by atoms with E-state index in [4.69, 9.17) is 9.47 Å². The second-order valence-electron chi connectivity index (χ2n) is 4.08. The fourth-order valence-electron chi connectivity index (χ4n) is 1.82. The number of hydrogen-bond donors (Lipinski definition) is 1. The van der Waals surface area contributed by atoms with E-state index in [9.17, 15) is 9.90 Å². The Labute approximate surface area is 105 Å². The maximum absolute atomic E-state index is 11.3. The van der Waals surface area contributed by atoms with Gasteiger partial charge in [0.25, 0.3) is 0 Å². The summed E-state index contributed by atoms with van der Waals surface area (Å²) in [7, 11) is 1.27. The van der Waals surface area contributed by atoms with Crippen LogP contribution in [-0.2, 0) is 9.47 Å². The summed E-state index contributed by atoms with van der Waals surface area (Å²) in [6, 6.07) is 4.48. The summed E-state index contributed by atoms with van der Waals surface area (Å²) in [6.45, 7) is 0.691. The number of phenols is 1. The summed E-state index contributed by atoms with van der Waals surface area (Å²) >= 11 is 0. The van der Waals surface area contributed by atoms with Crippen molar-refractivity contribution in [1.82, 2.24) is 0 Å². The Hall–Kier alpha value is -1.75. The van der Waals surface area contributed by atoms with Crippen LogP contribution >= 0.6 is 0 Å². The quantitative estimate of drug-likeness (QED) is 0.834. The highest BCUT2D eigenvalue weighted by Crippen LogP contribution is 2.26. The van der Waals surface area contributed by atoms with Crippen molar-refractivity contribution < 1.29 is 24.1 Å². The third-order valence-electron chi connectivity index (χ3n) is 2.78. The van der Waals surface area contributed by atoms with Crippen molar-refractivity contribution in [2.24, 2.45) is 0 Å². The number of benzene rings is 1. The van der Waals surface area contributed by atoms with Gasteiger partial charge in [-0.3, -0.25) is 0 Å². The monoisotopic (exact) mass is 252 g/mol. The molecular formula is C13H16O5. The summed E-state index contributed by atoms with van der Waals surface area (Å²) in [5.41, 5.74) is 0.120. The molecule has 0 bridgehead atoms. The smallest absolute Gasteiger partial charge is 0.341 e. The summed E-state index contributed by atoms with van der Waals surface area (Å²) in [5.74, 6) is -0.254. The Balaban J connectivity index is 2.06. The van der Waals surface area contributed by atoms with Crippen molar-refractivity contribution in [1.29, 1.82) is 0 Å². The SMILES string of the molecule is COC(=O)c1ccc(OC2CCCCO2)cc1O. The van der Waals surface area contributed by atoms with Gasteiger partial charge < -0.3 is 19.3 Å². The zero-order chi connectivity index (χ0) is 13.0. The van der Waals surface area contributed by atoms with E-state index in [1.54, 1.807) is 6.07 Å². The molecule has 0 aromatic heterocycles. The molecule has 18 heavy (non-hydrogen) atoms. The molecule has 1 heterocycles. The van der Waals surface area contributed by atoms with Gasteiger partial charge in [0.05, 0.1) is 13.7 Å². The molecule has 0 saturated carbocycles. The normalized spacial score (nSPS) is 19.3. The fraction of sp³-hybridized carbons (Fsp3) is 0.462. The van der Waals surface area contributed by atoms with Crippen molar-refractivity contribution in [3.8, 4) is 11.5 Å². The van der Waals surface area contributed by atoms with Gasteiger partial charge in [0, 0.05) is 12.5 Å². The molecule has 5 heteroatoms. The van der Waals surface area contributed by atoms with Crippen LogP contribution in [0.3, 0.4) is 0 Å². The molecule has 2 rings (SSSR count). The van der Waals surface area contributed by atoms with Crippen molar-refractivity contribution in [3.05, 3.63) is 23.8 Å². The van der Waals surface area contributed by atoms with Crippen LogP contribution < -0.4 is 4.74 Å². The van der Waals surface area contributed by atoms with Gasteiger partial charge in [0.15, 0.2) is 6.29 Å². The van der Waals surface area contributed by atoms with Crippen LogP contribution in [-0.4, -0.2) is 31.1 Å². The van der Waals surface area contributed by atoms with E-state index in [-0.39, 0.29) is 17.6 Å². The zero-order valence-corrected chi connectivity index (χ0v) is 10.2. The summed E-state index contributed by atoms with van der Waals surface area (Å²) in [4.78, 5) is 11.3. The van der Waals surface area contributed by atoms with Crippen LogP contribution in [0.2, 0.25) is 0 Å². The van der Waals surface area contributed by atoms with E-state index in [1.807, 2.05) is 0 Å². The summed E-state index contributed by atoms with van der Waals surface area (Å²) in [6.07, 6.45) is 2.67. The Morgan fingerprint density at radius 1 is 1.44 bits per heavy atom. The van der Waals surface area contributed by atoms with E-state index in [1.165, 1.54) is 19.2 Å². The van der Waals surface area contributed by atoms with Gasteiger partial charge in [0.1, 0.15) is 17.1 Å². The van der Waals surface area contributed by atoms with Crippen molar-refractivity contribution in [2.45, 2.75) is 25.6 Å². The molecule has 5 nitrogen and oxygen atoms in total. The molecule has 0 radical (unpaired) electrons. The maximum atomic E-state index is 11.3. The second kappa shape index (κ2) is 5.73. The summed E-state index contributed by atoms with van der Waals surface area (Å²) in [5, 5.41) is 9.70. The van der Waals surface area contributed by atoms with Gasteiger partial charge in [-0.15, -0.1) is 0 Å². The number of hydrogen-bond acceptors (Lipinski definition) is 5. The number of phenolic OH excluding ortho intramolecular Hbond substituents is 1.